The molecule has 242 valence electrons. The van der Waals surface area contributed by atoms with Gasteiger partial charge in [-0.2, -0.15) is 0 Å². The fourth-order valence-corrected chi connectivity index (χ4v) is 6.93. The van der Waals surface area contributed by atoms with Crippen molar-refractivity contribution in [3.05, 3.63) is 130 Å². The lowest BCUT2D eigenvalue weighted by atomic mass is 10.0. The highest BCUT2D eigenvalue weighted by atomic mass is 35.5. The molecule has 4 aromatic rings. The summed E-state index contributed by atoms with van der Waals surface area (Å²) in [4.78, 5) is 29.8. The number of sulfonamides is 1. The van der Waals surface area contributed by atoms with Crippen LogP contribution in [0.4, 0.5) is 5.69 Å². The molecule has 0 saturated heterocycles. The lowest BCUT2D eigenvalue weighted by molar-refractivity contribution is -0.140. The average Bonchev–Trinajstić information content (AvgIpc) is 3.05. The Morgan fingerprint density at radius 1 is 0.848 bits per heavy atom. The predicted molar refractivity (Wildman–Crippen MR) is 186 cm³/mol. The fraction of sp³-hybridized carbons (Fsp3) is 0.278. The van der Waals surface area contributed by atoms with Crippen LogP contribution >= 0.6 is 23.2 Å². The molecule has 0 aromatic heterocycles. The maximum atomic E-state index is 14.5. The van der Waals surface area contributed by atoms with E-state index in [1.807, 2.05) is 63.2 Å². The SMILES string of the molecule is CCCNC(=O)C(Cc1ccccc1)N(Cc1ccc(Cl)cc1Cl)C(=O)CN(c1ccc(C(C)C)cc1)S(=O)(=O)c1ccccc1. The summed E-state index contributed by atoms with van der Waals surface area (Å²) >= 11 is 12.7. The highest BCUT2D eigenvalue weighted by Crippen LogP contribution is 2.28. The number of carbonyl (C=O) groups is 2. The molecule has 4 rings (SSSR count). The third-order valence-electron chi connectivity index (χ3n) is 7.63. The van der Waals surface area contributed by atoms with Gasteiger partial charge in [-0.25, -0.2) is 8.42 Å². The first-order chi connectivity index (χ1) is 22.0. The zero-order chi connectivity index (χ0) is 33.3. The highest BCUT2D eigenvalue weighted by molar-refractivity contribution is 7.92. The molecule has 1 unspecified atom stereocenters. The first kappa shape index (κ1) is 35.0. The molecular weight excluding hydrogens is 641 g/mol. The van der Waals surface area contributed by atoms with Gasteiger partial charge in [0.05, 0.1) is 10.6 Å². The normalized spacial score (nSPS) is 12.0. The van der Waals surface area contributed by atoms with E-state index in [4.69, 9.17) is 23.2 Å². The Morgan fingerprint density at radius 2 is 1.48 bits per heavy atom. The van der Waals surface area contributed by atoms with Crippen molar-refractivity contribution in [3.63, 3.8) is 0 Å². The Balaban J connectivity index is 1.81. The second-order valence-electron chi connectivity index (χ2n) is 11.3. The number of benzene rings is 4. The summed E-state index contributed by atoms with van der Waals surface area (Å²) in [5.74, 6) is -0.677. The molecule has 10 heteroatoms. The van der Waals surface area contributed by atoms with Crippen LogP contribution in [0.5, 0.6) is 0 Å². The van der Waals surface area contributed by atoms with E-state index < -0.39 is 28.5 Å². The van der Waals surface area contributed by atoms with Crippen LogP contribution in [0.25, 0.3) is 0 Å². The molecule has 46 heavy (non-hydrogen) atoms. The number of nitrogens with zero attached hydrogens (tertiary/aromatic N) is 2. The smallest absolute Gasteiger partial charge is 0.264 e. The van der Waals surface area contributed by atoms with Gasteiger partial charge in [-0.3, -0.25) is 13.9 Å². The van der Waals surface area contributed by atoms with Gasteiger partial charge in [-0.15, -0.1) is 0 Å². The Bertz CT molecular complexity index is 1720. The Morgan fingerprint density at radius 3 is 2.07 bits per heavy atom. The molecule has 1 N–H and O–H groups in total. The maximum absolute atomic E-state index is 14.5. The van der Waals surface area contributed by atoms with Crippen molar-refractivity contribution in [1.29, 1.82) is 0 Å². The molecule has 0 aliphatic heterocycles. The molecule has 0 radical (unpaired) electrons. The molecule has 0 spiro atoms. The largest absolute Gasteiger partial charge is 0.354 e. The zero-order valence-corrected chi connectivity index (χ0v) is 28.5. The summed E-state index contributed by atoms with van der Waals surface area (Å²) in [6.07, 6.45) is 0.915. The monoisotopic (exact) mass is 679 g/mol. The standard InChI is InChI=1S/C36H39Cl2N3O4S/c1-4-21-39-36(43)34(22-27-11-7-5-8-12-27)40(24-29-15-18-30(37)23-33(29)38)35(42)25-41(31-19-16-28(17-20-31)26(2)3)46(44,45)32-13-9-6-10-14-32/h5-20,23,26,34H,4,21-22,24-25H2,1-3H3,(H,39,43). The highest BCUT2D eigenvalue weighted by Gasteiger charge is 2.35. The van der Waals surface area contributed by atoms with E-state index in [-0.39, 0.29) is 29.7 Å². The minimum atomic E-state index is -4.18. The van der Waals surface area contributed by atoms with Gasteiger partial charge in [-0.1, -0.05) is 111 Å². The van der Waals surface area contributed by atoms with Crippen molar-refractivity contribution in [2.45, 2.75) is 57.0 Å². The van der Waals surface area contributed by atoms with Crippen LogP contribution in [0.2, 0.25) is 10.0 Å². The maximum Gasteiger partial charge on any atom is 0.264 e. The summed E-state index contributed by atoms with van der Waals surface area (Å²) in [7, 11) is -4.18. The number of rotatable bonds is 14. The van der Waals surface area contributed by atoms with Gasteiger partial charge in [0.25, 0.3) is 10.0 Å². The molecule has 0 saturated carbocycles. The summed E-state index contributed by atoms with van der Waals surface area (Å²) < 4.78 is 29.4. The Labute approximate surface area is 282 Å². The van der Waals surface area contributed by atoms with Gasteiger partial charge in [0.1, 0.15) is 12.6 Å². The molecule has 0 fully saturated rings. The van der Waals surface area contributed by atoms with Crippen LogP contribution < -0.4 is 9.62 Å². The number of halogens is 2. The second-order valence-corrected chi connectivity index (χ2v) is 14.0. The lowest BCUT2D eigenvalue weighted by Crippen LogP contribution is -2.53. The number of carbonyl (C=O) groups excluding carboxylic acids is 2. The zero-order valence-electron chi connectivity index (χ0n) is 26.2. The number of nitrogens with one attached hydrogen (secondary N) is 1. The van der Waals surface area contributed by atoms with Crippen LogP contribution in [0, 0.1) is 0 Å². The average molecular weight is 681 g/mol. The first-order valence-corrected chi connectivity index (χ1v) is 17.4. The van der Waals surface area contributed by atoms with Crippen molar-refractivity contribution >= 4 is 50.7 Å². The lowest BCUT2D eigenvalue weighted by Gasteiger charge is -2.34. The predicted octanol–water partition coefficient (Wildman–Crippen LogP) is 7.48. The van der Waals surface area contributed by atoms with Crippen molar-refractivity contribution in [2.75, 3.05) is 17.4 Å². The van der Waals surface area contributed by atoms with Gasteiger partial charge >= 0.3 is 0 Å². The molecule has 0 aliphatic rings. The molecule has 1 atom stereocenters. The third kappa shape index (κ3) is 8.90. The fourth-order valence-electron chi connectivity index (χ4n) is 5.03. The van der Waals surface area contributed by atoms with Gasteiger partial charge in [0.2, 0.25) is 11.8 Å². The van der Waals surface area contributed by atoms with Gasteiger partial charge in [0, 0.05) is 29.6 Å². The van der Waals surface area contributed by atoms with E-state index in [2.05, 4.69) is 5.32 Å². The first-order valence-electron chi connectivity index (χ1n) is 15.2. The van der Waals surface area contributed by atoms with Crippen molar-refractivity contribution in [1.82, 2.24) is 10.2 Å². The minimum Gasteiger partial charge on any atom is -0.354 e. The summed E-state index contributed by atoms with van der Waals surface area (Å²) in [6.45, 7) is 5.87. The van der Waals surface area contributed by atoms with Gasteiger partial charge < -0.3 is 10.2 Å². The van der Waals surface area contributed by atoms with E-state index in [0.717, 1.165) is 15.4 Å². The van der Waals surface area contributed by atoms with E-state index in [1.54, 1.807) is 48.5 Å². The molecule has 2 amide bonds. The minimum absolute atomic E-state index is 0.0443. The number of amides is 2. The Hall–Kier alpha value is -3.85. The molecule has 4 aromatic carbocycles. The number of hydrogen-bond donors (Lipinski definition) is 1. The molecule has 0 heterocycles. The van der Waals surface area contributed by atoms with Crippen LogP contribution in [-0.4, -0.2) is 44.3 Å². The molecular formula is C36H39Cl2N3O4S. The van der Waals surface area contributed by atoms with E-state index in [1.165, 1.54) is 17.0 Å². The molecule has 0 aliphatic carbocycles. The van der Waals surface area contributed by atoms with Gasteiger partial charge in [0.15, 0.2) is 0 Å². The van der Waals surface area contributed by atoms with E-state index >= 15 is 0 Å². The van der Waals surface area contributed by atoms with Gasteiger partial charge in [-0.05, 0) is 65.4 Å². The molecule has 7 nitrogen and oxygen atoms in total. The Kier molecular flexibility index (Phi) is 12.3. The summed E-state index contributed by atoms with van der Waals surface area (Å²) in [5, 5.41) is 3.69. The van der Waals surface area contributed by atoms with Crippen LogP contribution in [-0.2, 0) is 32.6 Å². The summed E-state index contributed by atoms with van der Waals surface area (Å²) in [6, 6.07) is 28.5. The number of anilines is 1. The van der Waals surface area contributed by atoms with Crippen LogP contribution in [0.3, 0.4) is 0 Å². The summed E-state index contributed by atoms with van der Waals surface area (Å²) in [5.41, 5.74) is 2.78. The van der Waals surface area contributed by atoms with Crippen molar-refractivity contribution in [3.8, 4) is 0 Å². The number of hydrogen-bond acceptors (Lipinski definition) is 4. The van der Waals surface area contributed by atoms with Crippen LogP contribution in [0.1, 0.15) is 49.8 Å². The van der Waals surface area contributed by atoms with Crippen molar-refractivity contribution < 1.29 is 18.0 Å². The van der Waals surface area contributed by atoms with E-state index in [9.17, 15) is 18.0 Å². The third-order valence-corrected chi connectivity index (χ3v) is 10.0. The van der Waals surface area contributed by atoms with E-state index in [0.29, 0.717) is 34.3 Å². The van der Waals surface area contributed by atoms with Crippen molar-refractivity contribution in [2.24, 2.45) is 0 Å². The second kappa shape index (κ2) is 16.1. The topological polar surface area (TPSA) is 86.8 Å². The molecule has 0 bridgehead atoms. The van der Waals surface area contributed by atoms with Crippen LogP contribution in [0.15, 0.2) is 108 Å². The quantitative estimate of drug-likeness (QED) is 0.150.